The van der Waals surface area contributed by atoms with Gasteiger partial charge in [-0.1, -0.05) is 55.8 Å². The maximum atomic E-state index is 6.06. The summed E-state index contributed by atoms with van der Waals surface area (Å²) in [6.45, 7) is 5.36. The van der Waals surface area contributed by atoms with Gasteiger partial charge in [0.1, 0.15) is 0 Å². The number of nitrogens with one attached hydrogen (secondary N) is 1. The van der Waals surface area contributed by atoms with Crippen molar-refractivity contribution in [3.05, 3.63) is 47.0 Å². The fourth-order valence-corrected chi connectivity index (χ4v) is 1.66. The number of halogens is 1. The predicted octanol–water partition coefficient (Wildman–Crippen LogP) is 3.83. The standard InChI is InChI=1S/C14H20ClN/c1-12(2)16-11-7-3-4-8-13-9-5-6-10-14(13)15/h3-6,9-10,12,16H,7-8,11H2,1-2H3. The van der Waals surface area contributed by atoms with E-state index < -0.39 is 0 Å². The molecule has 0 saturated carbocycles. The number of hydrogen-bond donors (Lipinski definition) is 1. The third-order valence-electron chi connectivity index (χ3n) is 2.33. The Morgan fingerprint density at radius 2 is 2.00 bits per heavy atom. The monoisotopic (exact) mass is 237 g/mol. The minimum absolute atomic E-state index is 0.567. The second-order valence-corrected chi connectivity index (χ2v) is 4.57. The number of hydrogen-bond acceptors (Lipinski definition) is 1. The van der Waals surface area contributed by atoms with Crippen LogP contribution in [0.2, 0.25) is 5.02 Å². The highest BCUT2D eigenvalue weighted by Gasteiger charge is 1.94. The summed E-state index contributed by atoms with van der Waals surface area (Å²) in [5, 5.41) is 4.23. The van der Waals surface area contributed by atoms with Gasteiger partial charge in [-0.25, -0.2) is 0 Å². The van der Waals surface area contributed by atoms with Gasteiger partial charge in [0.25, 0.3) is 0 Å². The molecule has 0 aliphatic heterocycles. The molecule has 1 aromatic carbocycles. The van der Waals surface area contributed by atoms with Crippen LogP contribution in [-0.2, 0) is 6.42 Å². The van der Waals surface area contributed by atoms with Gasteiger partial charge in [0.2, 0.25) is 0 Å². The van der Waals surface area contributed by atoms with E-state index >= 15 is 0 Å². The van der Waals surface area contributed by atoms with Crippen molar-refractivity contribution in [2.75, 3.05) is 6.54 Å². The second kappa shape index (κ2) is 7.48. The van der Waals surface area contributed by atoms with Crippen LogP contribution in [0, 0.1) is 0 Å². The lowest BCUT2D eigenvalue weighted by Crippen LogP contribution is -2.23. The molecule has 1 nitrogen and oxygen atoms in total. The van der Waals surface area contributed by atoms with Crippen LogP contribution in [0.4, 0.5) is 0 Å². The fraction of sp³-hybridized carbons (Fsp3) is 0.429. The molecule has 16 heavy (non-hydrogen) atoms. The lowest BCUT2D eigenvalue weighted by atomic mass is 10.1. The van der Waals surface area contributed by atoms with Gasteiger partial charge in [0.05, 0.1) is 0 Å². The summed E-state index contributed by atoms with van der Waals surface area (Å²) in [4.78, 5) is 0. The van der Waals surface area contributed by atoms with Crippen molar-refractivity contribution < 1.29 is 0 Å². The third kappa shape index (κ3) is 5.34. The van der Waals surface area contributed by atoms with E-state index in [9.17, 15) is 0 Å². The fourth-order valence-electron chi connectivity index (χ4n) is 1.45. The summed E-state index contributed by atoms with van der Waals surface area (Å²) in [6.07, 6.45) is 6.38. The zero-order chi connectivity index (χ0) is 11.8. The molecule has 0 unspecified atom stereocenters. The van der Waals surface area contributed by atoms with Crippen molar-refractivity contribution in [2.24, 2.45) is 0 Å². The zero-order valence-electron chi connectivity index (χ0n) is 10.0. The highest BCUT2D eigenvalue weighted by atomic mass is 35.5. The molecule has 0 aromatic heterocycles. The van der Waals surface area contributed by atoms with Crippen molar-refractivity contribution in [1.29, 1.82) is 0 Å². The molecule has 0 heterocycles. The van der Waals surface area contributed by atoms with E-state index in [4.69, 9.17) is 11.6 Å². The highest BCUT2D eigenvalue weighted by Crippen LogP contribution is 2.15. The normalized spacial score (nSPS) is 11.5. The number of rotatable bonds is 6. The van der Waals surface area contributed by atoms with E-state index in [0.717, 1.165) is 24.4 Å². The first-order valence-electron chi connectivity index (χ1n) is 5.82. The van der Waals surface area contributed by atoms with Gasteiger partial charge in [-0.05, 0) is 31.0 Å². The maximum Gasteiger partial charge on any atom is 0.0441 e. The molecule has 1 aromatic rings. The topological polar surface area (TPSA) is 12.0 Å². The molecule has 0 radical (unpaired) electrons. The molecule has 88 valence electrons. The van der Waals surface area contributed by atoms with Crippen LogP contribution in [0.15, 0.2) is 36.4 Å². The smallest absolute Gasteiger partial charge is 0.0441 e. The molecule has 0 spiro atoms. The van der Waals surface area contributed by atoms with Crippen molar-refractivity contribution in [3.8, 4) is 0 Å². The summed E-state index contributed by atoms with van der Waals surface area (Å²) in [6, 6.07) is 8.55. The SMILES string of the molecule is CC(C)NCCC=CCc1ccccc1Cl. The molecule has 1 rings (SSSR count). The van der Waals surface area contributed by atoms with Crippen LogP contribution in [0.3, 0.4) is 0 Å². The molecule has 2 heteroatoms. The van der Waals surface area contributed by atoms with Gasteiger partial charge in [0.15, 0.2) is 0 Å². The molecule has 0 saturated heterocycles. The van der Waals surface area contributed by atoms with E-state index in [-0.39, 0.29) is 0 Å². The van der Waals surface area contributed by atoms with Gasteiger partial charge < -0.3 is 5.32 Å². The Balaban J connectivity index is 2.24. The van der Waals surface area contributed by atoms with Crippen molar-refractivity contribution in [3.63, 3.8) is 0 Å². The molecular formula is C14H20ClN. The summed E-state index contributed by atoms with van der Waals surface area (Å²) in [5.41, 5.74) is 1.19. The van der Waals surface area contributed by atoms with E-state index in [1.54, 1.807) is 0 Å². The van der Waals surface area contributed by atoms with Crippen LogP contribution in [-0.4, -0.2) is 12.6 Å². The number of benzene rings is 1. The van der Waals surface area contributed by atoms with Crippen LogP contribution >= 0.6 is 11.6 Å². The lowest BCUT2D eigenvalue weighted by molar-refractivity contribution is 0.594. The van der Waals surface area contributed by atoms with E-state index in [0.29, 0.717) is 6.04 Å². The van der Waals surface area contributed by atoms with E-state index in [1.165, 1.54) is 5.56 Å². The molecule has 1 N–H and O–H groups in total. The number of allylic oxidation sites excluding steroid dienone is 1. The highest BCUT2D eigenvalue weighted by molar-refractivity contribution is 6.31. The first kappa shape index (κ1) is 13.3. The molecule has 0 atom stereocenters. The van der Waals surface area contributed by atoms with Crippen molar-refractivity contribution in [1.82, 2.24) is 5.32 Å². The Morgan fingerprint density at radius 1 is 1.25 bits per heavy atom. The van der Waals surface area contributed by atoms with Gasteiger partial charge in [-0.2, -0.15) is 0 Å². The first-order chi connectivity index (χ1) is 7.70. The summed E-state index contributed by atoms with van der Waals surface area (Å²) < 4.78 is 0. The summed E-state index contributed by atoms with van der Waals surface area (Å²) in [5.74, 6) is 0. The molecule has 0 fully saturated rings. The molecule has 0 bridgehead atoms. The van der Waals surface area contributed by atoms with Gasteiger partial charge in [-0.15, -0.1) is 0 Å². The molecule has 0 aliphatic carbocycles. The Bertz CT molecular complexity index is 331. The Labute approximate surface area is 104 Å². The first-order valence-corrected chi connectivity index (χ1v) is 6.19. The van der Waals surface area contributed by atoms with Gasteiger partial charge in [-0.3, -0.25) is 0 Å². The van der Waals surface area contributed by atoms with Crippen LogP contribution in [0.25, 0.3) is 0 Å². The molecule has 0 amide bonds. The minimum atomic E-state index is 0.567. The summed E-state index contributed by atoms with van der Waals surface area (Å²) in [7, 11) is 0. The Morgan fingerprint density at radius 3 is 2.69 bits per heavy atom. The Hall–Kier alpha value is -0.790. The van der Waals surface area contributed by atoms with Gasteiger partial charge in [0, 0.05) is 11.1 Å². The predicted molar refractivity (Wildman–Crippen MR) is 72.1 cm³/mol. The molecular weight excluding hydrogens is 218 g/mol. The van der Waals surface area contributed by atoms with Crippen LogP contribution < -0.4 is 5.32 Å². The average molecular weight is 238 g/mol. The largest absolute Gasteiger partial charge is 0.314 e. The quantitative estimate of drug-likeness (QED) is 0.586. The second-order valence-electron chi connectivity index (χ2n) is 4.16. The van der Waals surface area contributed by atoms with Gasteiger partial charge >= 0.3 is 0 Å². The Kier molecular flexibility index (Phi) is 6.20. The zero-order valence-corrected chi connectivity index (χ0v) is 10.8. The van der Waals surface area contributed by atoms with Crippen molar-refractivity contribution >= 4 is 11.6 Å². The lowest BCUT2D eigenvalue weighted by Gasteiger charge is -2.04. The summed E-state index contributed by atoms with van der Waals surface area (Å²) >= 11 is 6.06. The third-order valence-corrected chi connectivity index (χ3v) is 2.69. The van der Waals surface area contributed by atoms with E-state index in [1.807, 2.05) is 18.2 Å². The minimum Gasteiger partial charge on any atom is -0.314 e. The average Bonchev–Trinajstić information content (AvgIpc) is 2.25. The maximum absolute atomic E-state index is 6.06. The van der Waals surface area contributed by atoms with E-state index in [2.05, 4.69) is 37.4 Å². The van der Waals surface area contributed by atoms with Crippen LogP contribution in [0.1, 0.15) is 25.8 Å². The molecule has 0 aliphatic rings. The van der Waals surface area contributed by atoms with Crippen molar-refractivity contribution in [2.45, 2.75) is 32.7 Å². The van der Waals surface area contributed by atoms with Crippen LogP contribution in [0.5, 0.6) is 0 Å².